The fraction of sp³-hybridized carbons (Fsp3) is 0.857. The summed E-state index contributed by atoms with van der Waals surface area (Å²) in [6.45, 7) is 0.882. The SMILES string of the molecule is O=C(O)CCCC(=O)N1CCCC2CCCCC21. The summed E-state index contributed by atoms with van der Waals surface area (Å²) in [5, 5.41) is 8.60. The Labute approximate surface area is 108 Å². The van der Waals surface area contributed by atoms with Gasteiger partial charge in [-0.2, -0.15) is 0 Å². The van der Waals surface area contributed by atoms with E-state index in [1.165, 1.54) is 25.7 Å². The monoisotopic (exact) mass is 253 g/mol. The summed E-state index contributed by atoms with van der Waals surface area (Å²) in [6, 6.07) is 0.449. The predicted octanol–water partition coefficient (Wildman–Crippen LogP) is 2.42. The maximum atomic E-state index is 12.2. The number of rotatable bonds is 4. The molecule has 2 fully saturated rings. The minimum Gasteiger partial charge on any atom is -0.481 e. The summed E-state index contributed by atoms with van der Waals surface area (Å²) >= 11 is 0. The van der Waals surface area contributed by atoms with Crippen LogP contribution in [0.1, 0.15) is 57.8 Å². The van der Waals surface area contributed by atoms with Gasteiger partial charge in [0, 0.05) is 25.4 Å². The molecule has 4 heteroatoms. The lowest BCUT2D eigenvalue weighted by atomic mass is 9.78. The smallest absolute Gasteiger partial charge is 0.303 e. The van der Waals surface area contributed by atoms with Crippen molar-refractivity contribution in [3.63, 3.8) is 0 Å². The van der Waals surface area contributed by atoms with Crippen LogP contribution in [0.4, 0.5) is 0 Å². The first kappa shape index (κ1) is 13.4. The van der Waals surface area contributed by atoms with E-state index in [-0.39, 0.29) is 12.3 Å². The summed E-state index contributed by atoms with van der Waals surface area (Å²) in [6.07, 6.45) is 8.32. The summed E-state index contributed by atoms with van der Waals surface area (Å²) in [5.41, 5.74) is 0. The second-order valence-corrected chi connectivity index (χ2v) is 5.59. The predicted molar refractivity (Wildman–Crippen MR) is 68.2 cm³/mol. The number of aliphatic carboxylic acids is 1. The van der Waals surface area contributed by atoms with E-state index in [4.69, 9.17) is 5.11 Å². The average Bonchev–Trinajstić information content (AvgIpc) is 2.37. The highest BCUT2D eigenvalue weighted by Crippen LogP contribution is 2.35. The van der Waals surface area contributed by atoms with Crippen molar-refractivity contribution in [3.8, 4) is 0 Å². The van der Waals surface area contributed by atoms with Crippen molar-refractivity contribution >= 4 is 11.9 Å². The fourth-order valence-corrected chi connectivity index (χ4v) is 3.47. The van der Waals surface area contributed by atoms with Crippen LogP contribution in [0.5, 0.6) is 0 Å². The Morgan fingerprint density at radius 2 is 1.78 bits per heavy atom. The third kappa shape index (κ3) is 3.24. The molecule has 102 valence electrons. The van der Waals surface area contributed by atoms with Crippen molar-refractivity contribution < 1.29 is 14.7 Å². The summed E-state index contributed by atoms with van der Waals surface area (Å²) < 4.78 is 0. The molecule has 2 unspecified atom stereocenters. The Morgan fingerprint density at radius 1 is 1.06 bits per heavy atom. The molecule has 1 saturated carbocycles. The molecule has 1 heterocycles. The van der Waals surface area contributed by atoms with Gasteiger partial charge in [-0.15, -0.1) is 0 Å². The third-order valence-corrected chi connectivity index (χ3v) is 4.34. The molecule has 0 aromatic carbocycles. The number of hydrogen-bond donors (Lipinski definition) is 1. The molecule has 1 saturated heterocycles. The molecule has 2 rings (SSSR count). The first-order valence-corrected chi connectivity index (χ1v) is 7.20. The molecular weight excluding hydrogens is 230 g/mol. The highest BCUT2D eigenvalue weighted by Gasteiger charge is 2.35. The Kier molecular flexibility index (Phi) is 4.61. The van der Waals surface area contributed by atoms with Crippen LogP contribution in [0.2, 0.25) is 0 Å². The van der Waals surface area contributed by atoms with Crippen LogP contribution >= 0.6 is 0 Å². The summed E-state index contributed by atoms with van der Waals surface area (Å²) in [4.78, 5) is 24.7. The largest absolute Gasteiger partial charge is 0.481 e. The van der Waals surface area contributed by atoms with E-state index in [0.717, 1.165) is 19.4 Å². The number of carbonyl (C=O) groups excluding carboxylic acids is 1. The van der Waals surface area contributed by atoms with Gasteiger partial charge < -0.3 is 10.0 Å². The molecule has 1 amide bonds. The van der Waals surface area contributed by atoms with Crippen LogP contribution < -0.4 is 0 Å². The molecule has 1 aliphatic carbocycles. The number of carbonyl (C=O) groups is 2. The van der Waals surface area contributed by atoms with Crippen LogP contribution in [0.15, 0.2) is 0 Å². The second kappa shape index (κ2) is 6.21. The van der Waals surface area contributed by atoms with Crippen LogP contribution in [-0.4, -0.2) is 34.5 Å². The first-order chi connectivity index (χ1) is 8.68. The van der Waals surface area contributed by atoms with Gasteiger partial charge in [0.2, 0.25) is 5.91 Å². The van der Waals surface area contributed by atoms with Crippen LogP contribution in [0.25, 0.3) is 0 Å². The van der Waals surface area contributed by atoms with Gasteiger partial charge in [0.15, 0.2) is 0 Å². The number of carboxylic acids is 1. The van der Waals surface area contributed by atoms with E-state index in [1.54, 1.807) is 0 Å². The molecule has 4 nitrogen and oxygen atoms in total. The van der Waals surface area contributed by atoms with Crippen molar-refractivity contribution in [1.29, 1.82) is 0 Å². The van der Waals surface area contributed by atoms with Crippen molar-refractivity contribution in [2.24, 2.45) is 5.92 Å². The lowest BCUT2D eigenvalue weighted by Crippen LogP contribution is -2.49. The molecule has 2 atom stereocenters. The van der Waals surface area contributed by atoms with E-state index in [2.05, 4.69) is 4.90 Å². The molecule has 0 aromatic rings. The zero-order chi connectivity index (χ0) is 13.0. The Bertz CT molecular complexity index is 314. The van der Waals surface area contributed by atoms with Gasteiger partial charge in [0.1, 0.15) is 0 Å². The van der Waals surface area contributed by atoms with E-state index in [1.807, 2.05) is 0 Å². The number of likely N-dealkylation sites (tertiary alicyclic amines) is 1. The van der Waals surface area contributed by atoms with Gasteiger partial charge in [-0.05, 0) is 38.0 Å². The fourth-order valence-electron chi connectivity index (χ4n) is 3.47. The topological polar surface area (TPSA) is 57.6 Å². The number of piperidine rings is 1. The van der Waals surface area contributed by atoms with E-state index in [9.17, 15) is 9.59 Å². The quantitative estimate of drug-likeness (QED) is 0.837. The van der Waals surface area contributed by atoms with E-state index >= 15 is 0 Å². The van der Waals surface area contributed by atoms with Gasteiger partial charge in [-0.3, -0.25) is 9.59 Å². The van der Waals surface area contributed by atoms with Crippen molar-refractivity contribution in [2.75, 3.05) is 6.54 Å². The van der Waals surface area contributed by atoms with Crippen LogP contribution in [0, 0.1) is 5.92 Å². The Hall–Kier alpha value is -1.06. The van der Waals surface area contributed by atoms with Crippen molar-refractivity contribution in [3.05, 3.63) is 0 Å². The van der Waals surface area contributed by atoms with Gasteiger partial charge in [-0.1, -0.05) is 12.8 Å². The molecule has 1 N–H and O–H groups in total. The lowest BCUT2D eigenvalue weighted by molar-refractivity contribution is -0.139. The maximum absolute atomic E-state index is 12.2. The number of nitrogens with zero attached hydrogens (tertiary/aromatic N) is 1. The zero-order valence-corrected chi connectivity index (χ0v) is 10.9. The molecule has 2 aliphatic rings. The minimum atomic E-state index is -0.808. The average molecular weight is 253 g/mol. The first-order valence-electron chi connectivity index (χ1n) is 7.20. The standard InChI is InChI=1S/C14H23NO3/c16-13(8-3-9-14(17)18)15-10-4-6-11-5-1-2-7-12(11)15/h11-12H,1-10H2,(H,17,18). The highest BCUT2D eigenvalue weighted by atomic mass is 16.4. The van der Waals surface area contributed by atoms with Crippen LogP contribution in [0.3, 0.4) is 0 Å². The van der Waals surface area contributed by atoms with E-state index < -0.39 is 5.97 Å². The van der Waals surface area contributed by atoms with Gasteiger partial charge in [0.05, 0.1) is 0 Å². The zero-order valence-electron chi connectivity index (χ0n) is 10.9. The second-order valence-electron chi connectivity index (χ2n) is 5.59. The molecule has 0 spiro atoms. The number of carboxylic acid groups (broad SMARTS) is 1. The van der Waals surface area contributed by atoms with E-state index in [0.29, 0.717) is 24.8 Å². The highest BCUT2D eigenvalue weighted by molar-refractivity contribution is 5.77. The van der Waals surface area contributed by atoms with Crippen molar-refractivity contribution in [1.82, 2.24) is 4.90 Å². The van der Waals surface area contributed by atoms with Crippen LogP contribution in [-0.2, 0) is 9.59 Å². The Balaban J connectivity index is 1.85. The van der Waals surface area contributed by atoms with Gasteiger partial charge >= 0.3 is 5.97 Å². The Morgan fingerprint density at radius 3 is 2.56 bits per heavy atom. The van der Waals surface area contributed by atoms with Gasteiger partial charge in [0.25, 0.3) is 0 Å². The summed E-state index contributed by atoms with van der Waals surface area (Å²) in [7, 11) is 0. The summed E-state index contributed by atoms with van der Waals surface area (Å²) in [5.74, 6) is 0.0701. The number of amides is 1. The number of fused-ring (bicyclic) bond motifs is 1. The third-order valence-electron chi connectivity index (χ3n) is 4.34. The van der Waals surface area contributed by atoms with Crippen molar-refractivity contribution in [2.45, 2.75) is 63.8 Å². The number of hydrogen-bond acceptors (Lipinski definition) is 2. The molecule has 0 aromatic heterocycles. The normalized spacial score (nSPS) is 27.7. The van der Waals surface area contributed by atoms with Gasteiger partial charge in [-0.25, -0.2) is 0 Å². The molecule has 1 aliphatic heterocycles. The maximum Gasteiger partial charge on any atom is 0.303 e. The molecule has 18 heavy (non-hydrogen) atoms. The minimum absolute atomic E-state index is 0.105. The molecule has 0 bridgehead atoms. The molecular formula is C14H23NO3. The lowest BCUT2D eigenvalue weighted by Gasteiger charge is -2.44. The molecule has 0 radical (unpaired) electrons.